The van der Waals surface area contributed by atoms with Gasteiger partial charge in [0.2, 0.25) is 0 Å². The monoisotopic (exact) mass is 406 g/mol. The molecule has 144 valence electrons. The molecule has 1 aliphatic heterocycles. The standard InChI is InChI=1S/C19H22N2O4S2/c20-19(23)15-8-12(17-2-1-13(10-22)26-17)7-14-16(9-21-18(14)15)11-3-5-27(24,25)6-4-11/h1-2,7-9,11,21-22,24-25H,3-6,10H2,(H2,20,23). The minimum atomic E-state index is -2.44. The van der Waals surface area contributed by atoms with E-state index in [4.69, 9.17) is 5.73 Å². The number of hydrogen-bond donors (Lipinski definition) is 5. The summed E-state index contributed by atoms with van der Waals surface area (Å²) in [5.41, 5.74) is 8.76. The van der Waals surface area contributed by atoms with E-state index in [0.717, 1.165) is 31.8 Å². The fourth-order valence-corrected chi connectivity index (χ4v) is 6.15. The molecule has 1 aromatic carbocycles. The Morgan fingerprint density at radius 2 is 2.00 bits per heavy atom. The number of nitrogens with two attached hydrogens (primary N) is 1. The molecule has 4 rings (SSSR count). The number of carbonyl (C=O) groups excluding carboxylic acids is 1. The van der Waals surface area contributed by atoms with Gasteiger partial charge >= 0.3 is 0 Å². The Kier molecular flexibility index (Phi) is 4.77. The number of aliphatic hydroxyl groups is 1. The lowest BCUT2D eigenvalue weighted by Crippen LogP contribution is -2.19. The summed E-state index contributed by atoms with van der Waals surface area (Å²) in [6.07, 6.45) is 3.33. The molecule has 6 N–H and O–H groups in total. The quantitative estimate of drug-likeness (QED) is 0.448. The Morgan fingerprint density at radius 1 is 1.26 bits per heavy atom. The van der Waals surface area contributed by atoms with Gasteiger partial charge < -0.3 is 15.8 Å². The summed E-state index contributed by atoms with van der Waals surface area (Å²) in [7, 11) is -2.44. The summed E-state index contributed by atoms with van der Waals surface area (Å²) in [5.74, 6) is 0.549. The van der Waals surface area contributed by atoms with E-state index in [0.29, 0.717) is 29.9 Å². The number of amides is 1. The van der Waals surface area contributed by atoms with Crippen molar-refractivity contribution in [3.63, 3.8) is 0 Å². The lowest BCUT2D eigenvalue weighted by Gasteiger charge is -2.39. The molecule has 0 spiro atoms. The largest absolute Gasteiger partial charge is 0.391 e. The van der Waals surface area contributed by atoms with Crippen molar-refractivity contribution >= 4 is 38.7 Å². The Labute approximate surface area is 162 Å². The number of benzene rings is 1. The molecule has 6 nitrogen and oxygen atoms in total. The number of fused-ring (bicyclic) bond motifs is 1. The van der Waals surface area contributed by atoms with Gasteiger partial charge in [-0.2, -0.15) is 10.6 Å². The molecule has 1 fully saturated rings. The molecular weight excluding hydrogens is 384 g/mol. The topological polar surface area (TPSA) is 120 Å². The van der Waals surface area contributed by atoms with Gasteiger partial charge in [-0.15, -0.1) is 11.3 Å². The van der Waals surface area contributed by atoms with Crippen LogP contribution in [-0.2, 0) is 6.61 Å². The van der Waals surface area contributed by atoms with Crippen LogP contribution in [0.2, 0.25) is 0 Å². The third-order valence-corrected chi connectivity index (χ3v) is 8.11. The van der Waals surface area contributed by atoms with Crippen LogP contribution in [0.15, 0.2) is 30.5 Å². The molecule has 1 amide bonds. The fraction of sp³-hybridized carbons (Fsp3) is 0.316. The predicted octanol–water partition coefficient (Wildman–Crippen LogP) is 4.12. The van der Waals surface area contributed by atoms with Gasteiger partial charge in [-0.25, -0.2) is 0 Å². The van der Waals surface area contributed by atoms with Gasteiger partial charge in [-0.1, -0.05) is 0 Å². The van der Waals surface area contributed by atoms with Crippen molar-refractivity contribution in [1.29, 1.82) is 0 Å². The van der Waals surface area contributed by atoms with Gasteiger partial charge in [0.05, 0.1) is 17.7 Å². The number of rotatable bonds is 4. The number of hydrogen-bond acceptors (Lipinski definition) is 5. The highest BCUT2D eigenvalue weighted by Crippen LogP contribution is 2.49. The number of thiophene rings is 1. The summed E-state index contributed by atoms with van der Waals surface area (Å²) in [4.78, 5) is 17.1. The second-order valence-corrected chi connectivity index (χ2v) is 10.6. The van der Waals surface area contributed by atoms with Crippen LogP contribution in [0.1, 0.15) is 39.6 Å². The summed E-state index contributed by atoms with van der Waals surface area (Å²) in [6, 6.07) is 7.64. The zero-order valence-corrected chi connectivity index (χ0v) is 16.3. The molecule has 1 aliphatic rings. The lowest BCUT2D eigenvalue weighted by molar-refractivity contribution is 0.100. The summed E-state index contributed by atoms with van der Waals surface area (Å²) >= 11 is 1.48. The first kappa shape index (κ1) is 18.5. The van der Waals surface area contributed by atoms with Crippen LogP contribution >= 0.6 is 21.9 Å². The van der Waals surface area contributed by atoms with Gasteiger partial charge in [0.15, 0.2) is 0 Å². The maximum absolute atomic E-state index is 12.0. The number of aromatic nitrogens is 1. The molecular formula is C19H22N2O4S2. The van der Waals surface area contributed by atoms with E-state index in [2.05, 4.69) is 4.98 Å². The highest BCUT2D eigenvalue weighted by molar-refractivity contribution is 8.24. The van der Waals surface area contributed by atoms with E-state index < -0.39 is 16.5 Å². The first-order chi connectivity index (χ1) is 12.9. The maximum atomic E-state index is 12.0. The number of H-pyrrole nitrogens is 1. The van der Waals surface area contributed by atoms with E-state index in [1.807, 2.05) is 24.4 Å². The molecule has 0 atom stereocenters. The van der Waals surface area contributed by atoms with Crippen molar-refractivity contribution in [2.24, 2.45) is 5.73 Å². The highest BCUT2D eigenvalue weighted by atomic mass is 32.3. The van der Waals surface area contributed by atoms with E-state index >= 15 is 0 Å². The molecule has 2 aromatic heterocycles. The number of carbonyl (C=O) groups is 1. The van der Waals surface area contributed by atoms with Crippen molar-refractivity contribution < 1.29 is 19.0 Å². The van der Waals surface area contributed by atoms with Gasteiger partial charge in [0, 0.05) is 32.8 Å². The molecule has 8 heteroatoms. The van der Waals surface area contributed by atoms with Gasteiger partial charge in [0.25, 0.3) is 5.91 Å². The van der Waals surface area contributed by atoms with Crippen LogP contribution in [0.5, 0.6) is 0 Å². The van der Waals surface area contributed by atoms with Gasteiger partial charge in [-0.05, 0) is 54.2 Å². The van der Waals surface area contributed by atoms with Crippen LogP contribution in [0.3, 0.4) is 0 Å². The van der Waals surface area contributed by atoms with Crippen molar-refractivity contribution in [2.45, 2.75) is 25.4 Å². The smallest absolute Gasteiger partial charge is 0.250 e. The number of aliphatic hydroxyl groups excluding tert-OH is 1. The van der Waals surface area contributed by atoms with E-state index in [-0.39, 0.29) is 12.5 Å². The second-order valence-electron chi connectivity index (χ2n) is 6.96. The van der Waals surface area contributed by atoms with Crippen LogP contribution < -0.4 is 5.73 Å². The molecule has 0 saturated carbocycles. The summed E-state index contributed by atoms with van der Waals surface area (Å²) in [5, 5.41) is 10.3. The summed E-state index contributed by atoms with van der Waals surface area (Å²) < 4.78 is 19.8. The molecule has 0 bridgehead atoms. The minimum Gasteiger partial charge on any atom is -0.391 e. The van der Waals surface area contributed by atoms with E-state index in [1.165, 1.54) is 11.3 Å². The molecule has 27 heavy (non-hydrogen) atoms. The second kappa shape index (κ2) is 6.96. The first-order valence-corrected chi connectivity index (χ1v) is 11.5. The minimum absolute atomic E-state index is 0.0144. The Morgan fingerprint density at radius 3 is 2.63 bits per heavy atom. The first-order valence-electron chi connectivity index (χ1n) is 8.76. The normalized spacial score (nSPS) is 18.6. The third-order valence-electron chi connectivity index (χ3n) is 5.22. The average Bonchev–Trinajstić information content (AvgIpc) is 3.27. The Balaban J connectivity index is 1.81. The van der Waals surface area contributed by atoms with Crippen LogP contribution in [0.4, 0.5) is 0 Å². The Bertz CT molecular complexity index is 998. The maximum Gasteiger partial charge on any atom is 0.250 e. The molecule has 3 aromatic rings. The number of aromatic amines is 1. The van der Waals surface area contributed by atoms with Gasteiger partial charge in [0.1, 0.15) is 0 Å². The number of nitrogens with one attached hydrogen (secondary N) is 1. The molecule has 1 saturated heterocycles. The van der Waals surface area contributed by atoms with Crippen molar-refractivity contribution in [3.05, 3.63) is 46.5 Å². The third kappa shape index (κ3) is 3.51. The van der Waals surface area contributed by atoms with Crippen LogP contribution in [0.25, 0.3) is 21.3 Å². The van der Waals surface area contributed by atoms with Crippen LogP contribution in [-0.4, -0.2) is 36.6 Å². The lowest BCUT2D eigenvalue weighted by atomic mass is 9.91. The molecule has 0 aliphatic carbocycles. The van der Waals surface area contributed by atoms with Crippen LogP contribution in [0, 0.1) is 0 Å². The van der Waals surface area contributed by atoms with Crippen molar-refractivity contribution in [3.8, 4) is 10.4 Å². The fourth-order valence-electron chi connectivity index (χ4n) is 3.76. The van der Waals surface area contributed by atoms with Crippen molar-refractivity contribution in [1.82, 2.24) is 4.98 Å². The highest BCUT2D eigenvalue weighted by Gasteiger charge is 2.27. The van der Waals surface area contributed by atoms with E-state index in [9.17, 15) is 19.0 Å². The molecule has 3 heterocycles. The van der Waals surface area contributed by atoms with Crippen molar-refractivity contribution in [2.75, 3.05) is 11.5 Å². The predicted molar refractivity (Wildman–Crippen MR) is 111 cm³/mol. The summed E-state index contributed by atoms with van der Waals surface area (Å²) in [6.45, 7) is -0.0144. The van der Waals surface area contributed by atoms with E-state index in [1.54, 1.807) is 6.07 Å². The number of primary amides is 1. The zero-order chi connectivity index (χ0) is 19.2. The molecule has 0 radical (unpaired) electrons. The SMILES string of the molecule is NC(=O)c1cc(-c2ccc(CO)s2)cc2c(C3CCS(O)(O)CC3)c[nH]c12. The van der Waals surface area contributed by atoms with Gasteiger partial charge in [-0.3, -0.25) is 13.9 Å². The molecule has 0 unspecified atom stereocenters. The Hall–Kier alpha value is -1.84. The zero-order valence-electron chi connectivity index (χ0n) is 14.6. The average molecular weight is 407 g/mol.